The fraction of sp³-hybridized carbons (Fsp3) is 0.636. The molecule has 1 saturated carbocycles. The topological polar surface area (TPSA) is 0 Å². The minimum Gasteiger partial charge on any atom is -0.0808 e. The monoisotopic (exact) mass is 148 g/mol. The molecule has 0 N–H and O–H groups in total. The van der Waals surface area contributed by atoms with E-state index in [9.17, 15) is 0 Å². The van der Waals surface area contributed by atoms with Gasteiger partial charge >= 0.3 is 0 Å². The van der Waals surface area contributed by atoms with Crippen LogP contribution in [-0.4, -0.2) is 0 Å². The van der Waals surface area contributed by atoms with Crippen LogP contribution in [0.2, 0.25) is 0 Å². The van der Waals surface area contributed by atoms with Gasteiger partial charge in [-0.3, -0.25) is 0 Å². The van der Waals surface area contributed by atoms with Crippen LogP contribution in [0.15, 0.2) is 24.3 Å². The lowest BCUT2D eigenvalue weighted by Crippen LogP contribution is -2.11. The van der Waals surface area contributed by atoms with E-state index >= 15 is 0 Å². The van der Waals surface area contributed by atoms with E-state index in [4.69, 9.17) is 0 Å². The van der Waals surface area contributed by atoms with Crippen molar-refractivity contribution in [3.63, 3.8) is 0 Å². The van der Waals surface area contributed by atoms with E-state index in [1.165, 1.54) is 19.3 Å². The Morgan fingerprint density at radius 3 is 2.82 bits per heavy atom. The Bertz CT molecular complexity index is 188. The van der Waals surface area contributed by atoms with Gasteiger partial charge < -0.3 is 0 Å². The molecule has 2 aliphatic carbocycles. The predicted molar refractivity (Wildman–Crippen MR) is 48.3 cm³/mol. The van der Waals surface area contributed by atoms with Crippen LogP contribution in [-0.2, 0) is 0 Å². The average Bonchev–Trinajstić information content (AvgIpc) is 2.47. The van der Waals surface area contributed by atoms with Crippen LogP contribution in [0.1, 0.15) is 26.2 Å². The van der Waals surface area contributed by atoms with Crippen LogP contribution < -0.4 is 0 Å². The van der Waals surface area contributed by atoms with Gasteiger partial charge in [-0.15, -0.1) is 0 Å². The Labute approximate surface area is 69.0 Å². The van der Waals surface area contributed by atoms with Gasteiger partial charge in [-0.2, -0.15) is 0 Å². The maximum absolute atomic E-state index is 2.41. The Morgan fingerprint density at radius 1 is 1.18 bits per heavy atom. The number of rotatable bonds is 1. The van der Waals surface area contributed by atoms with Crippen molar-refractivity contribution in [2.24, 2.45) is 17.8 Å². The average molecular weight is 148 g/mol. The summed E-state index contributed by atoms with van der Waals surface area (Å²) in [5.41, 5.74) is 0. The molecule has 0 aromatic rings. The van der Waals surface area contributed by atoms with Gasteiger partial charge in [-0.1, -0.05) is 37.6 Å². The van der Waals surface area contributed by atoms with Crippen LogP contribution >= 0.6 is 0 Å². The number of fused-ring (bicyclic) bond motifs is 1. The first-order valence-electron chi connectivity index (χ1n) is 4.77. The highest BCUT2D eigenvalue weighted by Crippen LogP contribution is 2.41. The van der Waals surface area contributed by atoms with Crippen molar-refractivity contribution in [1.82, 2.24) is 0 Å². The van der Waals surface area contributed by atoms with E-state index < -0.39 is 0 Å². The number of allylic oxidation sites excluding steroid dienone is 4. The fourth-order valence-corrected chi connectivity index (χ4v) is 2.54. The summed E-state index contributed by atoms with van der Waals surface area (Å²) in [6.07, 6.45) is 13.4. The number of hydrogen-bond acceptors (Lipinski definition) is 0. The van der Waals surface area contributed by atoms with E-state index in [0.29, 0.717) is 0 Å². The first-order valence-corrected chi connectivity index (χ1v) is 4.77. The second kappa shape index (κ2) is 2.84. The summed E-state index contributed by atoms with van der Waals surface area (Å²) in [4.78, 5) is 0. The third-order valence-corrected chi connectivity index (χ3v) is 3.24. The molecule has 0 aromatic heterocycles. The normalized spacial score (nSPS) is 41.0. The Morgan fingerprint density at radius 2 is 2.00 bits per heavy atom. The van der Waals surface area contributed by atoms with Gasteiger partial charge in [0.15, 0.2) is 0 Å². The molecule has 0 bridgehead atoms. The maximum Gasteiger partial charge on any atom is -0.0139 e. The molecule has 2 aliphatic rings. The van der Waals surface area contributed by atoms with Crippen LogP contribution in [0.5, 0.6) is 0 Å². The molecule has 0 heteroatoms. The van der Waals surface area contributed by atoms with Gasteiger partial charge in [0.25, 0.3) is 0 Å². The Kier molecular flexibility index (Phi) is 1.85. The smallest absolute Gasteiger partial charge is 0.0139 e. The Hall–Kier alpha value is -0.520. The molecule has 3 atom stereocenters. The highest BCUT2D eigenvalue weighted by molar-refractivity contribution is 5.17. The fourth-order valence-electron chi connectivity index (χ4n) is 2.54. The largest absolute Gasteiger partial charge is 0.0808 e. The van der Waals surface area contributed by atoms with Gasteiger partial charge in [-0.25, -0.2) is 0 Å². The summed E-state index contributed by atoms with van der Waals surface area (Å²) < 4.78 is 0. The van der Waals surface area contributed by atoms with Gasteiger partial charge in [0.05, 0.1) is 0 Å². The first kappa shape index (κ1) is 7.15. The highest BCUT2D eigenvalue weighted by Gasteiger charge is 2.31. The minimum absolute atomic E-state index is 0.880. The zero-order chi connectivity index (χ0) is 7.68. The third kappa shape index (κ3) is 1.15. The molecule has 0 aromatic carbocycles. The highest BCUT2D eigenvalue weighted by atomic mass is 14.4. The lowest BCUT2D eigenvalue weighted by molar-refractivity contribution is 0.408. The summed E-state index contributed by atoms with van der Waals surface area (Å²) in [5.74, 6) is 2.73. The lowest BCUT2D eigenvalue weighted by atomic mass is 9.85. The van der Waals surface area contributed by atoms with Crippen LogP contribution in [0.3, 0.4) is 0 Å². The van der Waals surface area contributed by atoms with Crippen LogP contribution in [0.25, 0.3) is 0 Å². The molecule has 11 heavy (non-hydrogen) atoms. The third-order valence-electron chi connectivity index (χ3n) is 3.24. The van der Waals surface area contributed by atoms with E-state index in [2.05, 4.69) is 31.2 Å². The summed E-state index contributed by atoms with van der Waals surface area (Å²) >= 11 is 0. The predicted octanol–water partition coefficient (Wildman–Crippen LogP) is 3.16. The first-order chi connectivity index (χ1) is 5.42. The SMILES string of the molecule is CCC1CCC2C=CC=CC21. The standard InChI is InChI=1S/C11H16/c1-2-9-7-8-10-5-3-4-6-11(9)10/h3-6,9-11H,2,7-8H2,1H3. The second-order valence-electron chi connectivity index (χ2n) is 3.76. The molecule has 60 valence electrons. The van der Waals surface area contributed by atoms with E-state index in [0.717, 1.165) is 17.8 Å². The van der Waals surface area contributed by atoms with Crippen LogP contribution in [0.4, 0.5) is 0 Å². The van der Waals surface area contributed by atoms with Gasteiger partial charge in [-0.05, 0) is 30.6 Å². The zero-order valence-corrected chi connectivity index (χ0v) is 7.16. The Balaban J connectivity index is 2.13. The molecular formula is C11H16. The summed E-state index contributed by atoms with van der Waals surface area (Å²) in [6, 6.07) is 0. The van der Waals surface area contributed by atoms with Crippen molar-refractivity contribution in [2.45, 2.75) is 26.2 Å². The summed E-state index contributed by atoms with van der Waals surface area (Å²) in [7, 11) is 0. The summed E-state index contributed by atoms with van der Waals surface area (Å²) in [5, 5.41) is 0. The molecule has 2 rings (SSSR count). The molecule has 3 unspecified atom stereocenters. The quantitative estimate of drug-likeness (QED) is 0.536. The maximum atomic E-state index is 2.41. The van der Waals surface area contributed by atoms with Crippen molar-refractivity contribution in [3.8, 4) is 0 Å². The van der Waals surface area contributed by atoms with Crippen molar-refractivity contribution < 1.29 is 0 Å². The van der Waals surface area contributed by atoms with Crippen molar-refractivity contribution in [3.05, 3.63) is 24.3 Å². The molecule has 0 nitrogen and oxygen atoms in total. The molecule has 0 aliphatic heterocycles. The molecule has 0 amide bonds. The number of hydrogen-bond donors (Lipinski definition) is 0. The molecule has 0 saturated heterocycles. The van der Waals surface area contributed by atoms with E-state index in [1.807, 2.05) is 0 Å². The lowest BCUT2D eigenvalue weighted by Gasteiger charge is -2.20. The van der Waals surface area contributed by atoms with E-state index in [1.54, 1.807) is 0 Å². The zero-order valence-electron chi connectivity index (χ0n) is 7.16. The molecule has 0 heterocycles. The van der Waals surface area contributed by atoms with E-state index in [-0.39, 0.29) is 0 Å². The van der Waals surface area contributed by atoms with Crippen LogP contribution in [0, 0.1) is 17.8 Å². The molecular weight excluding hydrogens is 132 g/mol. The van der Waals surface area contributed by atoms with Crippen molar-refractivity contribution in [2.75, 3.05) is 0 Å². The molecule has 0 spiro atoms. The van der Waals surface area contributed by atoms with Crippen molar-refractivity contribution >= 4 is 0 Å². The second-order valence-corrected chi connectivity index (χ2v) is 3.76. The van der Waals surface area contributed by atoms with Gasteiger partial charge in [0, 0.05) is 0 Å². The minimum atomic E-state index is 0.880. The summed E-state index contributed by atoms with van der Waals surface area (Å²) in [6.45, 7) is 2.32. The van der Waals surface area contributed by atoms with Gasteiger partial charge in [0.1, 0.15) is 0 Å². The molecule has 1 fully saturated rings. The van der Waals surface area contributed by atoms with Crippen molar-refractivity contribution in [1.29, 1.82) is 0 Å². The van der Waals surface area contributed by atoms with Gasteiger partial charge in [0.2, 0.25) is 0 Å². The molecule has 0 radical (unpaired) electrons.